The number of rotatable bonds is 6. The van der Waals surface area contributed by atoms with Gasteiger partial charge in [0, 0.05) is 12.8 Å². The number of hydrogen-bond donors (Lipinski definition) is 0. The van der Waals surface area contributed by atoms with Crippen LogP contribution in [0.2, 0.25) is 0 Å². The first-order chi connectivity index (χ1) is 9.28. The van der Waals surface area contributed by atoms with E-state index in [-0.39, 0.29) is 0 Å². The molecule has 0 saturated heterocycles. The molecule has 0 aromatic rings. The molecule has 0 heterocycles. The molecule has 2 fully saturated rings. The van der Waals surface area contributed by atoms with Crippen molar-refractivity contribution in [2.45, 2.75) is 90.4 Å². The van der Waals surface area contributed by atoms with Gasteiger partial charge >= 0.3 is 0 Å². The molecular formula is C18H32O. The molecule has 19 heavy (non-hydrogen) atoms. The van der Waals surface area contributed by atoms with Gasteiger partial charge in [-0.15, -0.1) is 0 Å². The molecule has 0 N–H and O–H groups in total. The summed E-state index contributed by atoms with van der Waals surface area (Å²) in [5, 5.41) is 0. The van der Waals surface area contributed by atoms with Crippen molar-refractivity contribution >= 4 is 5.78 Å². The lowest BCUT2D eigenvalue weighted by Crippen LogP contribution is -2.20. The fraction of sp³-hybridized carbons (Fsp3) is 0.944. The van der Waals surface area contributed by atoms with Crippen LogP contribution < -0.4 is 0 Å². The van der Waals surface area contributed by atoms with E-state index in [1.165, 1.54) is 70.6 Å². The molecule has 2 saturated carbocycles. The average Bonchev–Trinajstić information content (AvgIpc) is 2.44. The highest BCUT2D eigenvalue weighted by atomic mass is 16.1. The third-order valence-electron chi connectivity index (χ3n) is 5.51. The SMILES string of the molecule is CCCCCC1CCC(CC2CCC(=O)CC2)CC1. The minimum atomic E-state index is 0.510. The van der Waals surface area contributed by atoms with Crippen molar-refractivity contribution in [1.29, 1.82) is 0 Å². The van der Waals surface area contributed by atoms with Gasteiger partial charge in [0.1, 0.15) is 5.78 Å². The molecule has 1 nitrogen and oxygen atoms in total. The Morgan fingerprint density at radius 3 is 2.05 bits per heavy atom. The molecule has 0 radical (unpaired) electrons. The largest absolute Gasteiger partial charge is 0.300 e. The normalized spacial score (nSPS) is 29.6. The van der Waals surface area contributed by atoms with Crippen LogP contribution in [0.15, 0.2) is 0 Å². The van der Waals surface area contributed by atoms with E-state index in [1.807, 2.05) is 0 Å². The fourth-order valence-electron chi connectivity index (χ4n) is 4.15. The van der Waals surface area contributed by atoms with Gasteiger partial charge in [-0.1, -0.05) is 58.3 Å². The molecule has 0 spiro atoms. The first-order valence-electron chi connectivity index (χ1n) is 8.79. The fourth-order valence-corrected chi connectivity index (χ4v) is 4.15. The Kier molecular flexibility index (Phi) is 6.40. The Labute approximate surface area is 119 Å². The van der Waals surface area contributed by atoms with E-state index in [9.17, 15) is 4.79 Å². The molecule has 0 amide bonds. The van der Waals surface area contributed by atoms with Crippen molar-refractivity contribution in [2.24, 2.45) is 17.8 Å². The first kappa shape index (κ1) is 15.1. The molecule has 0 bridgehead atoms. The molecule has 0 unspecified atom stereocenters. The van der Waals surface area contributed by atoms with Crippen LogP contribution in [0.4, 0.5) is 0 Å². The van der Waals surface area contributed by atoms with Crippen LogP contribution in [-0.4, -0.2) is 5.78 Å². The molecular weight excluding hydrogens is 232 g/mol. The predicted octanol–water partition coefficient (Wildman–Crippen LogP) is 5.52. The Hall–Kier alpha value is -0.330. The van der Waals surface area contributed by atoms with E-state index in [4.69, 9.17) is 0 Å². The maximum absolute atomic E-state index is 11.3. The second-order valence-electron chi connectivity index (χ2n) is 7.10. The Bertz CT molecular complexity index is 253. The summed E-state index contributed by atoms with van der Waals surface area (Å²) in [5.74, 6) is 3.41. The lowest BCUT2D eigenvalue weighted by Gasteiger charge is -2.32. The van der Waals surface area contributed by atoms with E-state index >= 15 is 0 Å². The number of ketones is 1. The molecule has 2 rings (SSSR count). The number of Topliss-reactive ketones (excluding diaryl/α,β-unsaturated/α-hetero) is 1. The summed E-state index contributed by atoms with van der Waals surface area (Å²) in [4.78, 5) is 11.3. The van der Waals surface area contributed by atoms with Crippen molar-refractivity contribution in [3.05, 3.63) is 0 Å². The van der Waals surface area contributed by atoms with Gasteiger partial charge in [-0.3, -0.25) is 4.79 Å². The summed E-state index contributed by atoms with van der Waals surface area (Å²) >= 11 is 0. The van der Waals surface area contributed by atoms with Crippen molar-refractivity contribution in [3.8, 4) is 0 Å². The second-order valence-corrected chi connectivity index (χ2v) is 7.10. The summed E-state index contributed by atoms with van der Waals surface area (Å²) in [7, 11) is 0. The van der Waals surface area contributed by atoms with Crippen LogP contribution >= 0.6 is 0 Å². The zero-order valence-electron chi connectivity index (χ0n) is 12.8. The van der Waals surface area contributed by atoms with Crippen LogP contribution in [0.5, 0.6) is 0 Å². The third kappa shape index (κ3) is 5.28. The van der Waals surface area contributed by atoms with Gasteiger partial charge in [0.2, 0.25) is 0 Å². The summed E-state index contributed by atoms with van der Waals surface area (Å²) in [6, 6.07) is 0. The number of carbonyl (C=O) groups is 1. The van der Waals surface area contributed by atoms with Crippen molar-refractivity contribution in [3.63, 3.8) is 0 Å². The third-order valence-corrected chi connectivity index (χ3v) is 5.51. The van der Waals surface area contributed by atoms with Crippen molar-refractivity contribution < 1.29 is 4.79 Å². The summed E-state index contributed by atoms with van der Waals surface area (Å²) < 4.78 is 0. The van der Waals surface area contributed by atoms with Gasteiger partial charge in [-0.05, 0) is 37.0 Å². The van der Waals surface area contributed by atoms with Gasteiger partial charge in [-0.25, -0.2) is 0 Å². The van der Waals surface area contributed by atoms with Crippen molar-refractivity contribution in [1.82, 2.24) is 0 Å². The Morgan fingerprint density at radius 2 is 1.42 bits per heavy atom. The maximum atomic E-state index is 11.3. The highest BCUT2D eigenvalue weighted by Gasteiger charge is 2.25. The quantitative estimate of drug-likeness (QED) is 0.577. The lowest BCUT2D eigenvalue weighted by atomic mass is 9.74. The predicted molar refractivity (Wildman–Crippen MR) is 81.2 cm³/mol. The molecule has 2 aliphatic carbocycles. The van der Waals surface area contributed by atoms with E-state index < -0.39 is 0 Å². The van der Waals surface area contributed by atoms with Gasteiger partial charge < -0.3 is 0 Å². The standard InChI is InChI=1S/C18H32O/c1-2-3-4-5-15-6-8-16(9-7-15)14-17-10-12-18(19)13-11-17/h15-17H,2-14H2,1H3. The Morgan fingerprint density at radius 1 is 0.842 bits per heavy atom. The molecule has 0 aliphatic heterocycles. The van der Waals surface area contributed by atoms with Crippen LogP contribution in [0.3, 0.4) is 0 Å². The number of unbranched alkanes of at least 4 members (excludes halogenated alkanes) is 2. The molecule has 0 atom stereocenters. The van der Waals surface area contributed by atoms with E-state index in [0.29, 0.717) is 5.78 Å². The zero-order chi connectivity index (χ0) is 13.5. The maximum Gasteiger partial charge on any atom is 0.132 e. The summed E-state index contributed by atoms with van der Waals surface area (Å²) in [6.45, 7) is 2.30. The van der Waals surface area contributed by atoms with Gasteiger partial charge in [-0.2, -0.15) is 0 Å². The molecule has 2 aliphatic rings. The highest BCUT2D eigenvalue weighted by molar-refractivity contribution is 5.78. The molecule has 1 heteroatoms. The van der Waals surface area contributed by atoms with Gasteiger partial charge in [0.15, 0.2) is 0 Å². The average molecular weight is 264 g/mol. The molecule has 0 aromatic carbocycles. The zero-order valence-corrected chi connectivity index (χ0v) is 12.8. The smallest absolute Gasteiger partial charge is 0.132 e. The van der Waals surface area contributed by atoms with Crippen LogP contribution in [-0.2, 0) is 4.79 Å². The summed E-state index contributed by atoms with van der Waals surface area (Å²) in [5.41, 5.74) is 0. The van der Waals surface area contributed by atoms with E-state index in [0.717, 1.165) is 30.6 Å². The van der Waals surface area contributed by atoms with Crippen molar-refractivity contribution in [2.75, 3.05) is 0 Å². The van der Waals surface area contributed by atoms with Crippen LogP contribution in [0.1, 0.15) is 90.4 Å². The van der Waals surface area contributed by atoms with Crippen LogP contribution in [0, 0.1) is 17.8 Å². The first-order valence-corrected chi connectivity index (χ1v) is 8.79. The Balaban J connectivity index is 1.59. The topological polar surface area (TPSA) is 17.1 Å². The summed E-state index contributed by atoms with van der Waals surface area (Å²) in [6.07, 6.45) is 17.2. The van der Waals surface area contributed by atoms with E-state index in [1.54, 1.807) is 0 Å². The molecule has 0 aromatic heterocycles. The van der Waals surface area contributed by atoms with Crippen LogP contribution in [0.25, 0.3) is 0 Å². The minimum Gasteiger partial charge on any atom is -0.300 e. The lowest BCUT2D eigenvalue weighted by molar-refractivity contribution is -0.121. The number of hydrogen-bond acceptors (Lipinski definition) is 1. The molecule has 110 valence electrons. The second kappa shape index (κ2) is 8.07. The number of carbonyl (C=O) groups excluding carboxylic acids is 1. The van der Waals surface area contributed by atoms with E-state index in [2.05, 4.69) is 6.92 Å². The van der Waals surface area contributed by atoms with Gasteiger partial charge in [0.25, 0.3) is 0 Å². The highest BCUT2D eigenvalue weighted by Crippen LogP contribution is 2.37. The van der Waals surface area contributed by atoms with Gasteiger partial charge in [0.05, 0.1) is 0 Å². The minimum absolute atomic E-state index is 0.510. The monoisotopic (exact) mass is 264 g/mol.